The van der Waals surface area contributed by atoms with Crippen molar-refractivity contribution in [3.05, 3.63) is 65.2 Å². The van der Waals surface area contributed by atoms with E-state index >= 15 is 0 Å². The molecule has 2 aromatic rings. The average Bonchev–Trinajstić information content (AvgIpc) is 2.67. The molecular weight excluding hydrogens is 368 g/mol. The van der Waals surface area contributed by atoms with Crippen molar-refractivity contribution in [1.82, 2.24) is 10.6 Å². The summed E-state index contributed by atoms with van der Waals surface area (Å²) in [5.74, 6) is 0.622. The summed E-state index contributed by atoms with van der Waals surface area (Å²) in [7, 11) is 1.62. The molecule has 2 amide bonds. The molecule has 0 spiro atoms. The van der Waals surface area contributed by atoms with Crippen LogP contribution in [0.2, 0.25) is 0 Å². The van der Waals surface area contributed by atoms with Gasteiger partial charge in [0.05, 0.1) is 13.2 Å². The highest BCUT2D eigenvalue weighted by Crippen LogP contribution is 2.18. The third-order valence-corrected chi connectivity index (χ3v) is 4.29. The number of benzene rings is 2. The number of nitrogens with one attached hydrogen (secondary N) is 2. The van der Waals surface area contributed by atoms with Crippen LogP contribution in [0, 0.1) is 0 Å². The molecule has 0 heterocycles. The SMILES string of the molecule is COc1ccc([C@@H](C)NC(=O)c2ccccc2CCNC(=O)OC(C)(C)C)cc1. The lowest BCUT2D eigenvalue weighted by atomic mass is 10.0. The van der Waals surface area contributed by atoms with Crippen LogP contribution in [0.4, 0.5) is 4.79 Å². The van der Waals surface area contributed by atoms with Gasteiger partial charge in [-0.15, -0.1) is 0 Å². The van der Waals surface area contributed by atoms with Crippen LogP contribution in [0.1, 0.15) is 55.2 Å². The predicted octanol–water partition coefficient (Wildman–Crippen LogP) is 4.25. The molecule has 6 nitrogen and oxygen atoms in total. The van der Waals surface area contributed by atoms with Gasteiger partial charge in [-0.05, 0) is 63.4 Å². The Labute approximate surface area is 172 Å². The minimum atomic E-state index is -0.542. The van der Waals surface area contributed by atoms with Crippen LogP contribution in [-0.4, -0.2) is 31.3 Å². The summed E-state index contributed by atoms with van der Waals surface area (Å²) in [6.45, 7) is 7.77. The van der Waals surface area contributed by atoms with Crippen molar-refractivity contribution >= 4 is 12.0 Å². The number of carbonyl (C=O) groups is 2. The van der Waals surface area contributed by atoms with Crippen molar-refractivity contribution in [2.24, 2.45) is 0 Å². The van der Waals surface area contributed by atoms with E-state index in [2.05, 4.69) is 10.6 Å². The molecule has 0 saturated heterocycles. The molecule has 2 rings (SSSR count). The minimum absolute atomic E-state index is 0.152. The molecular formula is C23H30N2O4. The Morgan fingerprint density at radius 2 is 1.69 bits per heavy atom. The van der Waals surface area contributed by atoms with Crippen LogP contribution in [0.15, 0.2) is 48.5 Å². The van der Waals surface area contributed by atoms with Gasteiger partial charge in [0.25, 0.3) is 5.91 Å². The highest BCUT2D eigenvalue weighted by Gasteiger charge is 2.17. The van der Waals surface area contributed by atoms with Crippen LogP contribution < -0.4 is 15.4 Å². The topological polar surface area (TPSA) is 76.7 Å². The van der Waals surface area contributed by atoms with Gasteiger partial charge < -0.3 is 20.1 Å². The molecule has 0 fully saturated rings. The highest BCUT2D eigenvalue weighted by atomic mass is 16.6. The first-order chi connectivity index (χ1) is 13.7. The summed E-state index contributed by atoms with van der Waals surface area (Å²) in [4.78, 5) is 24.6. The number of ether oxygens (including phenoxy) is 2. The predicted molar refractivity (Wildman–Crippen MR) is 113 cm³/mol. The van der Waals surface area contributed by atoms with Crippen LogP contribution in [0.5, 0.6) is 5.75 Å². The first-order valence-electron chi connectivity index (χ1n) is 9.69. The number of amides is 2. The van der Waals surface area contributed by atoms with E-state index in [1.165, 1.54) is 0 Å². The third-order valence-electron chi connectivity index (χ3n) is 4.29. The molecule has 156 valence electrons. The Morgan fingerprint density at radius 3 is 2.31 bits per heavy atom. The number of hydrogen-bond acceptors (Lipinski definition) is 4. The normalized spacial score (nSPS) is 12.0. The van der Waals surface area contributed by atoms with E-state index in [9.17, 15) is 9.59 Å². The smallest absolute Gasteiger partial charge is 0.407 e. The van der Waals surface area contributed by atoms with Crippen LogP contribution in [-0.2, 0) is 11.2 Å². The third kappa shape index (κ3) is 7.14. The molecule has 2 N–H and O–H groups in total. The van der Waals surface area contributed by atoms with Gasteiger partial charge in [-0.3, -0.25) is 4.79 Å². The van der Waals surface area contributed by atoms with Gasteiger partial charge in [0.15, 0.2) is 0 Å². The van der Waals surface area contributed by atoms with Crippen LogP contribution >= 0.6 is 0 Å². The fraction of sp³-hybridized carbons (Fsp3) is 0.391. The Hall–Kier alpha value is -3.02. The van der Waals surface area contributed by atoms with Crippen LogP contribution in [0.25, 0.3) is 0 Å². The monoisotopic (exact) mass is 398 g/mol. The van der Waals surface area contributed by atoms with Gasteiger partial charge in [-0.25, -0.2) is 4.79 Å². The van der Waals surface area contributed by atoms with Crippen LogP contribution in [0.3, 0.4) is 0 Å². The van der Waals surface area contributed by atoms with E-state index in [-0.39, 0.29) is 11.9 Å². The second kappa shape index (κ2) is 9.96. The summed E-state index contributed by atoms with van der Waals surface area (Å²) in [5, 5.41) is 5.76. The van der Waals surface area contributed by atoms with Crippen molar-refractivity contribution < 1.29 is 19.1 Å². The molecule has 29 heavy (non-hydrogen) atoms. The summed E-state index contributed by atoms with van der Waals surface area (Å²) < 4.78 is 10.4. The van der Waals surface area contributed by atoms with Gasteiger partial charge in [-0.1, -0.05) is 30.3 Å². The molecule has 0 saturated carbocycles. The van der Waals surface area contributed by atoms with Gasteiger partial charge in [0.2, 0.25) is 0 Å². The fourth-order valence-electron chi connectivity index (χ4n) is 2.82. The van der Waals surface area contributed by atoms with Crippen molar-refractivity contribution in [1.29, 1.82) is 0 Å². The number of alkyl carbamates (subject to hydrolysis) is 1. The van der Waals surface area contributed by atoms with Crippen molar-refractivity contribution in [3.63, 3.8) is 0 Å². The van der Waals surface area contributed by atoms with Crippen molar-refractivity contribution in [2.75, 3.05) is 13.7 Å². The van der Waals surface area contributed by atoms with E-state index in [1.807, 2.05) is 70.2 Å². The zero-order valence-electron chi connectivity index (χ0n) is 17.7. The number of rotatable bonds is 7. The largest absolute Gasteiger partial charge is 0.497 e. The van der Waals surface area contributed by atoms with E-state index < -0.39 is 11.7 Å². The maximum atomic E-state index is 12.8. The first-order valence-corrected chi connectivity index (χ1v) is 9.69. The highest BCUT2D eigenvalue weighted by molar-refractivity contribution is 5.96. The summed E-state index contributed by atoms with van der Waals surface area (Å²) in [6.07, 6.45) is 0.0623. The zero-order valence-corrected chi connectivity index (χ0v) is 17.7. The molecule has 0 unspecified atom stereocenters. The molecule has 0 aliphatic carbocycles. The average molecular weight is 399 g/mol. The van der Waals surface area contributed by atoms with Crippen molar-refractivity contribution in [2.45, 2.75) is 45.8 Å². The summed E-state index contributed by atoms with van der Waals surface area (Å²) in [6, 6.07) is 14.8. The summed E-state index contributed by atoms with van der Waals surface area (Å²) >= 11 is 0. The van der Waals surface area contributed by atoms with E-state index in [0.717, 1.165) is 16.9 Å². The maximum absolute atomic E-state index is 12.8. The van der Waals surface area contributed by atoms with E-state index in [4.69, 9.17) is 9.47 Å². The molecule has 0 radical (unpaired) electrons. The molecule has 0 aliphatic rings. The molecule has 1 atom stereocenters. The van der Waals surface area contributed by atoms with Gasteiger partial charge >= 0.3 is 6.09 Å². The Morgan fingerprint density at radius 1 is 1.03 bits per heavy atom. The fourth-order valence-corrected chi connectivity index (χ4v) is 2.82. The molecule has 0 aliphatic heterocycles. The second-order valence-corrected chi connectivity index (χ2v) is 7.80. The molecule has 0 bridgehead atoms. The van der Waals surface area contributed by atoms with E-state index in [1.54, 1.807) is 13.2 Å². The quantitative estimate of drug-likeness (QED) is 0.731. The minimum Gasteiger partial charge on any atom is -0.497 e. The van der Waals surface area contributed by atoms with Crippen molar-refractivity contribution in [3.8, 4) is 5.75 Å². The molecule has 6 heteroatoms. The maximum Gasteiger partial charge on any atom is 0.407 e. The summed E-state index contributed by atoms with van der Waals surface area (Å²) in [5.41, 5.74) is 1.91. The Bertz CT molecular complexity index is 826. The van der Waals surface area contributed by atoms with Gasteiger partial charge in [0.1, 0.15) is 11.4 Å². The Balaban J connectivity index is 1.97. The Kier molecular flexibility index (Phi) is 7.65. The molecule has 2 aromatic carbocycles. The van der Waals surface area contributed by atoms with Gasteiger partial charge in [0, 0.05) is 12.1 Å². The van der Waals surface area contributed by atoms with E-state index in [0.29, 0.717) is 18.5 Å². The van der Waals surface area contributed by atoms with Gasteiger partial charge in [-0.2, -0.15) is 0 Å². The lowest BCUT2D eigenvalue weighted by Crippen LogP contribution is -2.34. The number of carbonyl (C=O) groups excluding carboxylic acids is 2. The second-order valence-electron chi connectivity index (χ2n) is 7.80. The molecule has 0 aromatic heterocycles. The first kappa shape index (κ1) is 22.3. The standard InChI is InChI=1S/C23H30N2O4/c1-16(17-10-12-19(28-5)13-11-17)25-21(26)20-9-7-6-8-18(20)14-15-24-22(27)29-23(2,3)4/h6-13,16H,14-15H2,1-5H3,(H,24,27)(H,25,26)/t16-/m1/s1. The zero-order chi connectivity index (χ0) is 21.4. The number of hydrogen-bond donors (Lipinski definition) is 2. The lowest BCUT2D eigenvalue weighted by molar-refractivity contribution is 0.0528. The number of methoxy groups -OCH3 is 1. The lowest BCUT2D eigenvalue weighted by Gasteiger charge is -2.20.